The van der Waals surface area contributed by atoms with Gasteiger partial charge in [-0.2, -0.15) is 0 Å². The second kappa shape index (κ2) is 7.79. The Morgan fingerprint density at radius 1 is 1.59 bits per heavy atom. The van der Waals surface area contributed by atoms with Crippen LogP contribution in [0.1, 0.15) is 31.7 Å². The third kappa shape index (κ3) is 5.45. The van der Waals surface area contributed by atoms with E-state index in [-0.39, 0.29) is 0 Å². The predicted octanol–water partition coefficient (Wildman–Crippen LogP) is 1.86. The molecule has 1 aromatic heterocycles. The fraction of sp³-hybridized carbons (Fsp3) is 0.538. The van der Waals surface area contributed by atoms with E-state index in [0.29, 0.717) is 13.0 Å². The van der Waals surface area contributed by atoms with Crippen LogP contribution in [0.15, 0.2) is 24.5 Å². The van der Waals surface area contributed by atoms with Gasteiger partial charge in [0, 0.05) is 18.9 Å². The van der Waals surface area contributed by atoms with Crippen molar-refractivity contribution in [2.75, 3.05) is 6.54 Å². The van der Waals surface area contributed by atoms with E-state index in [1.165, 1.54) is 0 Å². The third-order valence-electron chi connectivity index (χ3n) is 2.67. The number of carboxylic acid groups (broad SMARTS) is 1. The number of aromatic nitrogens is 1. The molecule has 1 unspecified atom stereocenters. The van der Waals surface area contributed by atoms with E-state index in [4.69, 9.17) is 5.11 Å². The normalized spacial score (nSPS) is 12.3. The molecule has 1 heterocycles. The monoisotopic (exact) mass is 236 g/mol. The zero-order valence-corrected chi connectivity index (χ0v) is 10.2. The van der Waals surface area contributed by atoms with Gasteiger partial charge in [0.1, 0.15) is 6.04 Å². The highest BCUT2D eigenvalue weighted by atomic mass is 16.4. The smallest absolute Gasteiger partial charge is 0.320 e. The molecule has 4 nitrogen and oxygen atoms in total. The van der Waals surface area contributed by atoms with Crippen LogP contribution >= 0.6 is 0 Å². The Bertz CT molecular complexity index is 327. The van der Waals surface area contributed by atoms with Gasteiger partial charge in [0.05, 0.1) is 0 Å². The standard InChI is InChI=1S/C13H20N2O2/c1-2-3-6-12(13(16)17)15-9-7-11-5-4-8-14-10-11/h4-5,8,10,12,15H,2-3,6-7,9H2,1H3,(H,16,17). The van der Waals surface area contributed by atoms with E-state index in [0.717, 1.165) is 24.8 Å². The first-order valence-electron chi connectivity index (χ1n) is 6.09. The van der Waals surface area contributed by atoms with E-state index in [9.17, 15) is 4.79 Å². The molecule has 0 amide bonds. The fourth-order valence-corrected chi connectivity index (χ4v) is 1.66. The minimum absolute atomic E-state index is 0.424. The second-order valence-corrected chi connectivity index (χ2v) is 4.10. The van der Waals surface area contributed by atoms with Crippen LogP contribution in [-0.4, -0.2) is 28.6 Å². The molecular weight excluding hydrogens is 216 g/mol. The fourth-order valence-electron chi connectivity index (χ4n) is 1.66. The lowest BCUT2D eigenvalue weighted by Crippen LogP contribution is -2.37. The Hall–Kier alpha value is -1.42. The average molecular weight is 236 g/mol. The van der Waals surface area contributed by atoms with Crippen molar-refractivity contribution in [2.45, 2.75) is 38.6 Å². The summed E-state index contributed by atoms with van der Waals surface area (Å²) < 4.78 is 0. The first kappa shape index (κ1) is 13.6. The Morgan fingerprint density at radius 2 is 2.41 bits per heavy atom. The molecule has 0 saturated carbocycles. The van der Waals surface area contributed by atoms with Crippen LogP contribution in [0.4, 0.5) is 0 Å². The van der Waals surface area contributed by atoms with Crippen LogP contribution in [0, 0.1) is 0 Å². The first-order chi connectivity index (χ1) is 8.24. The minimum Gasteiger partial charge on any atom is -0.480 e. The number of hydrogen-bond donors (Lipinski definition) is 2. The van der Waals surface area contributed by atoms with Crippen molar-refractivity contribution in [3.8, 4) is 0 Å². The number of unbranched alkanes of at least 4 members (excludes halogenated alkanes) is 1. The van der Waals surface area contributed by atoms with Gasteiger partial charge >= 0.3 is 5.97 Å². The van der Waals surface area contributed by atoms with Crippen molar-refractivity contribution in [2.24, 2.45) is 0 Å². The summed E-state index contributed by atoms with van der Waals surface area (Å²) in [6.07, 6.45) is 7.01. The number of aliphatic carboxylic acids is 1. The molecule has 17 heavy (non-hydrogen) atoms. The van der Waals surface area contributed by atoms with Gasteiger partial charge in [-0.05, 0) is 24.5 Å². The summed E-state index contributed by atoms with van der Waals surface area (Å²) in [6.45, 7) is 2.74. The van der Waals surface area contributed by atoms with Gasteiger partial charge in [-0.25, -0.2) is 0 Å². The van der Waals surface area contributed by atoms with Gasteiger partial charge in [0.25, 0.3) is 0 Å². The molecule has 0 bridgehead atoms. The average Bonchev–Trinajstić information content (AvgIpc) is 2.34. The predicted molar refractivity (Wildman–Crippen MR) is 66.9 cm³/mol. The van der Waals surface area contributed by atoms with Gasteiger partial charge in [-0.1, -0.05) is 25.8 Å². The van der Waals surface area contributed by atoms with Crippen LogP contribution in [0.25, 0.3) is 0 Å². The number of pyridine rings is 1. The molecule has 0 saturated heterocycles. The van der Waals surface area contributed by atoms with Crippen LogP contribution in [0.3, 0.4) is 0 Å². The van der Waals surface area contributed by atoms with E-state index >= 15 is 0 Å². The summed E-state index contributed by atoms with van der Waals surface area (Å²) in [6, 6.07) is 3.46. The maximum atomic E-state index is 11.0. The summed E-state index contributed by atoms with van der Waals surface area (Å²) in [5.74, 6) is -0.760. The molecule has 0 aliphatic rings. The van der Waals surface area contributed by atoms with E-state index in [1.54, 1.807) is 6.20 Å². The highest BCUT2D eigenvalue weighted by Crippen LogP contribution is 2.02. The topological polar surface area (TPSA) is 62.2 Å². The molecule has 1 aromatic rings. The molecule has 1 rings (SSSR count). The summed E-state index contributed by atoms with van der Waals surface area (Å²) in [5, 5.41) is 12.1. The molecule has 0 aliphatic heterocycles. The van der Waals surface area contributed by atoms with Crippen molar-refractivity contribution in [1.82, 2.24) is 10.3 Å². The van der Waals surface area contributed by atoms with Crippen molar-refractivity contribution >= 4 is 5.97 Å². The first-order valence-corrected chi connectivity index (χ1v) is 6.09. The van der Waals surface area contributed by atoms with Gasteiger partial charge in [0.2, 0.25) is 0 Å². The van der Waals surface area contributed by atoms with E-state index in [1.807, 2.05) is 18.3 Å². The third-order valence-corrected chi connectivity index (χ3v) is 2.67. The molecule has 0 spiro atoms. The zero-order chi connectivity index (χ0) is 12.5. The molecule has 0 radical (unpaired) electrons. The van der Waals surface area contributed by atoms with Gasteiger partial charge < -0.3 is 10.4 Å². The van der Waals surface area contributed by atoms with Gasteiger partial charge in [0.15, 0.2) is 0 Å². The number of nitrogens with one attached hydrogen (secondary N) is 1. The molecule has 0 fully saturated rings. The number of hydrogen-bond acceptors (Lipinski definition) is 3. The van der Waals surface area contributed by atoms with Gasteiger partial charge in [-0.15, -0.1) is 0 Å². The summed E-state index contributed by atoms with van der Waals surface area (Å²) in [5.41, 5.74) is 1.12. The van der Waals surface area contributed by atoms with Crippen molar-refractivity contribution in [3.63, 3.8) is 0 Å². The Labute approximate surface area is 102 Å². The minimum atomic E-state index is -0.760. The lowest BCUT2D eigenvalue weighted by molar-refractivity contribution is -0.139. The number of nitrogens with zero attached hydrogens (tertiary/aromatic N) is 1. The number of carbonyl (C=O) groups is 1. The highest BCUT2D eigenvalue weighted by molar-refractivity contribution is 5.73. The second-order valence-electron chi connectivity index (χ2n) is 4.10. The summed E-state index contributed by atoms with van der Waals surface area (Å²) in [4.78, 5) is 15.0. The highest BCUT2D eigenvalue weighted by Gasteiger charge is 2.15. The number of rotatable bonds is 8. The molecule has 4 heteroatoms. The Kier molecular flexibility index (Phi) is 6.25. The van der Waals surface area contributed by atoms with Crippen LogP contribution < -0.4 is 5.32 Å². The number of carboxylic acids is 1. The van der Waals surface area contributed by atoms with Crippen LogP contribution in [-0.2, 0) is 11.2 Å². The molecule has 1 atom stereocenters. The van der Waals surface area contributed by atoms with Crippen molar-refractivity contribution in [1.29, 1.82) is 0 Å². The molecule has 0 aromatic carbocycles. The summed E-state index contributed by atoms with van der Waals surface area (Å²) >= 11 is 0. The van der Waals surface area contributed by atoms with Crippen molar-refractivity contribution < 1.29 is 9.90 Å². The van der Waals surface area contributed by atoms with Gasteiger partial charge in [-0.3, -0.25) is 9.78 Å². The molecule has 0 aliphatic carbocycles. The molecular formula is C13H20N2O2. The maximum absolute atomic E-state index is 11.0. The lowest BCUT2D eigenvalue weighted by Gasteiger charge is -2.13. The van der Waals surface area contributed by atoms with Crippen molar-refractivity contribution in [3.05, 3.63) is 30.1 Å². The van der Waals surface area contributed by atoms with Crippen LogP contribution in [0.2, 0.25) is 0 Å². The summed E-state index contributed by atoms with van der Waals surface area (Å²) in [7, 11) is 0. The molecule has 94 valence electrons. The maximum Gasteiger partial charge on any atom is 0.320 e. The van der Waals surface area contributed by atoms with Crippen LogP contribution in [0.5, 0.6) is 0 Å². The lowest BCUT2D eigenvalue weighted by atomic mass is 10.1. The largest absolute Gasteiger partial charge is 0.480 e. The zero-order valence-electron chi connectivity index (χ0n) is 10.2. The Balaban J connectivity index is 2.29. The van der Waals surface area contributed by atoms with E-state index < -0.39 is 12.0 Å². The quantitative estimate of drug-likeness (QED) is 0.723. The SMILES string of the molecule is CCCCC(NCCc1cccnc1)C(=O)O. The molecule has 2 N–H and O–H groups in total. The van der Waals surface area contributed by atoms with E-state index in [2.05, 4.69) is 17.2 Å². The Morgan fingerprint density at radius 3 is 3.00 bits per heavy atom.